The Bertz CT molecular complexity index is 1250. The molecule has 0 radical (unpaired) electrons. The van der Waals surface area contributed by atoms with Gasteiger partial charge in [0.1, 0.15) is 0 Å². The van der Waals surface area contributed by atoms with Crippen LogP contribution in [0.5, 0.6) is 11.5 Å². The van der Waals surface area contributed by atoms with Gasteiger partial charge in [-0.25, -0.2) is 8.42 Å². The first-order chi connectivity index (χ1) is 14.9. The second-order valence-electron chi connectivity index (χ2n) is 7.31. The average Bonchev–Trinajstić information content (AvgIpc) is 2.78. The number of hydrogen-bond acceptors (Lipinski definition) is 5. The van der Waals surface area contributed by atoms with E-state index < -0.39 is 10.0 Å². The Morgan fingerprint density at radius 3 is 2.29 bits per heavy atom. The van der Waals surface area contributed by atoms with E-state index in [2.05, 4.69) is 4.72 Å². The van der Waals surface area contributed by atoms with Gasteiger partial charge in [-0.3, -0.25) is 9.71 Å². The summed E-state index contributed by atoms with van der Waals surface area (Å²) in [6, 6.07) is 17.9. The van der Waals surface area contributed by atoms with Gasteiger partial charge >= 0.3 is 0 Å². The number of benzene rings is 3. The molecule has 3 aromatic carbocycles. The van der Waals surface area contributed by atoms with E-state index in [-0.39, 0.29) is 4.90 Å². The first-order valence-electron chi connectivity index (χ1n) is 9.91. The highest BCUT2D eigenvalue weighted by Gasteiger charge is 2.23. The Labute approximate surface area is 182 Å². The summed E-state index contributed by atoms with van der Waals surface area (Å²) in [6.45, 7) is 2.53. The SMILES string of the molecule is COc1cc2c(cc1OC)C(c1ccccc1NS(=O)(=O)c1ccc(C)cc1)=NCC2. The number of hydrogen-bond donors (Lipinski definition) is 1. The van der Waals surface area contributed by atoms with Gasteiger partial charge in [0.05, 0.1) is 30.5 Å². The molecule has 4 rings (SSSR count). The maximum atomic E-state index is 13.0. The molecule has 1 N–H and O–H groups in total. The van der Waals surface area contributed by atoms with Crippen molar-refractivity contribution in [2.24, 2.45) is 4.99 Å². The Hall–Kier alpha value is -3.32. The van der Waals surface area contributed by atoms with Crippen LogP contribution in [0, 0.1) is 6.92 Å². The quantitative estimate of drug-likeness (QED) is 0.628. The van der Waals surface area contributed by atoms with Crippen LogP contribution in [0.15, 0.2) is 70.6 Å². The molecule has 1 aliphatic rings. The standard InChI is InChI=1S/C24H24N2O4S/c1-16-8-10-18(11-9-16)31(27,28)26-21-7-5-4-6-19(21)24-20-15-23(30-3)22(29-2)14-17(20)12-13-25-24/h4-11,14-15,26H,12-13H2,1-3H3. The molecular weight excluding hydrogens is 412 g/mol. The second kappa shape index (κ2) is 8.43. The fourth-order valence-corrected chi connectivity index (χ4v) is 4.73. The predicted molar refractivity (Wildman–Crippen MR) is 122 cm³/mol. The first-order valence-corrected chi connectivity index (χ1v) is 11.4. The molecule has 1 aliphatic heterocycles. The van der Waals surface area contributed by atoms with E-state index in [0.717, 1.165) is 28.8 Å². The number of anilines is 1. The van der Waals surface area contributed by atoms with Crippen LogP contribution in [0.1, 0.15) is 22.3 Å². The van der Waals surface area contributed by atoms with E-state index in [1.165, 1.54) is 0 Å². The van der Waals surface area contributed by atoms with Gasteiger partial charge in [-0.05, 0) is 49.2 Å². The van der Waals surface area contributed by atoms with Crippen LogP contribution in [0.2, 0.25) is 0 Å². The smallest absolute Gasteiger partial charge is 0.261 e. The molecule has 160 valence electrons. The molecule has 0 saturated heterocycles. The summed E-state index contributed by atoms with van der Waals surface area (Å²) >= 11 is 0. The van der Waals surface area contributed by atoms with Crippen LogP contribution in [0.3, 0.4) is 0 Å². The topological polar surface area (TPSA) is 77.0 Å². The lowest BCUT2D eigenvalue weighted by molar-refractivity contribution is 0.354. The zero-order chi connectivity index (χ0) is 22.0. The second-order valence-corrected chi connectivity index (χ2v) is 8.99. The number of aryl methyl sites for hydroxylation is 1. The highest BCUT2D eigenvalue weighted by atomic mass is 32.2. The van der Waals surface area contributed by atoms with Gasteiger partial charge in [-0.15, -0.1) is 0 Å². The maximum Gasteiger partial charge on any atom is 0.261 e. The molecule has 3 aromatic rings. The van der Waals surface area contributed by atoms with Gasteiger partial charge in [-0.2, -0.15) is 0 Å². The Morgan fingerprint density at radius 1 is 0.903 bits per heavy atom. The van der Waals surface area contributed by atoms with E-state index in [4.69, 9.17) is 14.5 Å². The lowest BCUT2D eigenvalue weighted by Gasteiger charge is -2.21. The van der Waals surface area contributed by atoms with Crippen LogP contribution in [0.4, 0.5) is 5.69 Å². The number of rotatable bonds is 6. The number of nitrogens with one attached hydrogen (secondary N) is 1. The zero-order valence-electron chi connectivity index (χ0n) is 17.7. The molecule has 0 amide bonds. The number of aliphatic imine (C=N–C) groups is 1. The van der Waals surface area contributed by atoms with Crippen LogP contribution in [0.25, 0.3) is 0 Å². The molecule has 0 atom stereocenters. The Morgan fingerprint density at radius 2 is 1.58 bits per heavy atom. The Balaban J connectivity index is 1.77. The summed E-state index contributed by atoms with van der Waals surface area (Å²) in [5, 5.41) is 0. The molecule has 0 aliphatic carbocycles. The molecule has 0 spiro atoms. The third kappa shape index (κ3) is 4.14. The van der Waals surface area contributed by atoms with E-state index in [0.29, 0.717) is 29.3 Å². The molecule has 0 fully saturated rings. The summed E-state index contributed by atoms with van der Waals surface area (Å²) in [4.78, 5) is 4.95. The van der Waals surface area contributed by atoms with Crippen molar-refractivity contribution in [3.05, 3.63) is 82.9 Å². The molecule has 6 nitrogen and oxygen atoms in total. The number of ether oxygens (including phenoxy) is 2. The number of sulfonamides is 1. The minimum absolute atomic E-state index is 0.213. The number of para-hydroxylation sites is 1. The summed E-state index contributed by atoms with van der Waals surface area (Å²) < 4.78 is 39.6. The number of methoxy groups -OCH3 is 2. The van der Waals surface area contributed by atoms with Crippen molar-refractivity contribution in [3.8, 4) is 11.5 Å². The lowest BCUT2D eigenvalue weighted by atomic mass is 9.92. The summed E-state index contributed by atoms with van der Waals surface area (Å²) in [5.41, 5.74) is 4.90. The number of fused-ring (bicyclic) bond motifs is 1. The van der Waals surface area contributed by atoms with Gasteiger partial charge in [0, 0.05) is 17.7 Å². The average molecular weight is 437 g/mol. The highest BCUT2D eigenvalue weighted by molar-refractivity contribution is 7.92. The van der Waals surface area contributed by atoms with E-state index in [1.54, 1.807) is 50.6 Å². The minimum atomic E-state index is -3.74. The van der Waals surface area contributed by atoms with Crippen molar-refractivity contribution in [3.63, 3.8) is 0 Å². The monoisotopic (exact) mass is 436 g/mol. The molecule has 31 heavy (non-hydrogen) atoms. The van der Waals surface area contributed by atoms with Crippen molar-refractivity contribution in [2.45, 2.75) is 18.2 Å². The fourth-order valence-electron chi connectivity index (χ4n) is 3.65. The van der Waals surface area contributed by atoms with Crippen LogP contribution in [-0.4, -0.2) is 34.9 Å². The van der Waals surface area contributed by atoms with Gasteiger partial charge < -0.3 is 9.47 Å². The minimum Gasteiger partial charge on any atom is -0.493 e. The molecule has 0 bridgehead atoms. The third-order valence-electron chi connectivity index (χ3n) is 5.27. The predicted octanol–water partition coefficient (Wildman–Crippen LogP) is 4.21. The first kappa shape index (κ1) is 20.9. The van der Waals surface area contributed by atoms with Gasteiger partial charge in [0.15, 0.2) is 11.5 Å². The highest BCUT2D eigenvalue weighted by Crippen LogP contribution is 2.35. The van der Waals surface area contributed by atoms with Gasteiger partial charge in [-0.1, -0.05) is 35.9 Å². The molecule has 0 saturated carbocycles. The van der Waals surface area contributed by atoms with Crippen molar-refractivity contribution >= 4 is 21.4 Å². The fraction of sp³-hybridized carbons (Fsp3) is 0.208. The van der Waals surface area contributed by atoms with Crippen molar-refractivity contribution < 1.29 is 17.9 Å². The van der Waals surface area contributed by atoms with E-state index in [9.17, 15) is 8.42 Å². The maximum absolute atomic E-state index is 13.0. The molecular formula is C24H24N2O4S. The molecule has 0 aromatic heterocycles. The van der Waals surface area contributed by atoms with Crippen molar-refractivity contribution in [2.75, 3.05) is 25.5 Å². The Kier molecular flexibility index (Phi) is 5.69. The van der Waals surface area contributed by atoms with E-state index >= 15 is 0 Å². The normalized spacial score (nSPS) is 13.2. The zero-order valence-corrected chi connectivity index (χ0v) is 18.5. The van der Waals surface area contributed by atoms with Crippen molar-refractivity contribution in [1.82, 2.24) is 0 Å². The number of nitrogens with zero attached hydrogens (tertiary/aromatic N) is 1. The lowest BCUT2D eigenvalue weighted by Crippen LogP contribution is -2.19. The summed E-state index contributed by atoms with van der Waals surface area (Å²) in [6.07, 6.45) is 0.774. The summed E-state index contributed by atoms with van der Waals surface area (Å²) in [5.74, 6) is 1.27. The molecule has 0 unspecified atom stereocenters. The van der Waals surface area contributed by atoms with Crippen molar-refractivity contribution in [1.29, 1.82) is 0 Å². The van der Waals surface area contributed by atoms with Crippen LogP contribution in [-0.2, 0) is 16.4 Å². The molecule has 1 heterocycles. The van der Waals surface area contributed by atoms with Gasteiger partial charge in [0.25, 0.3) is 10.0 Å². The summed E-state index contributed by atoms with van der Waals surface area (Å²) in [7, 11) is -0.543. The van der Waals surface area contributed by atoms with Crippen LogP contribution >= 0.6 is 0 Å². The molecule has 7 heteroatoms. The third-order valence-corrected chi connectivity index (χ3v) is 6.65. The van der Waals surface area contributed by atoms with Gasteiger partial charge in [0.2, 0.25) is 0 Å². The van der Waals surface area contributed by atoms with E-state index in [1.807, 2.05) is 31.2 Å². The largest absolute Gasteiger partial charge is 0.493 e. The van der Waals surface area contributed by atoms with Crippen LogP contribution < -0.4 is 14.2 Å².